The molecule has 12 heavy (non-hydrogen) atoms. The second-order valence-electron chi connectivity index (χ2n) is 3.94. The van der Waals surface area contributed by atoms with Crippen molar-refractivity contribution in [2.75, 3.05) is 26.3 Å². The van der Waals surface area contributed by atoms with E-state index in [4.69, 9.17) is 4.74 Å². The highest BCUT2D eigenvalue weighted by atomic mass is 16.5. The van der Waals surface area contributed by atoms with Crippen LogP contribution in [-0.2, 0) is 4.74 Å². The third kappa shape index (κ3) is 1.99. The predicted molar refractivity (Wildman–Crippen MR) is 49.3 cm³/mol. The Morgan fingerprint density at radius 1 is 0.917 bits per heavy atom. The van der Waals surface area contributed by atoms with Crippen LogP contribution in [0, 0.1) is 0 Å². The summed E-state index contributed by atoms with van der Waals surface area (Å²) in [4.78, 5) is 2.64. The van der Waals surface area contributed by atoms with Gasteiger partial charge in [0.1, 0.15) is 0 Å². The average Bonchev–Trinajstić information content (AvgIpc) is 2.48. The predicted octanol–water partition coefficient (Wildman–Crippen LogP) is 1.65. The number of hydrogen-bond donors (Lipinski definition) is 0. The van der Waals surface area contributed by atoms with Gasteiger partial charge >= 0.3 is 0 Å². The Kier molecular flexibility index (Phi) is 3.01. The Bertz CT molecular complexity index is 124. The molecule has 1 heterocycles. The van der Waals surface area contributed by atoms with Gasteiger partial charge in [0, 0.05) is 25.7 Å². The summed E-state index contributed by atoms with van der Waals surface area (Å²) < 4.78 is 5.44. The first-order chi connectivity index (χ1) is 5.97. The van der Waals surface area contributed by atoms with Crippen molar-refractivity contribution in [1.82, 2.24) is 4.90 Å². The monoisotopic (exact) mass is 169 g/mol. The van der Waals surface area contributed by atoms with Crippen molar-refractivity contribution in [3.8, 4) is 0 Å². The topological polar surface area (TPSA) is 12.5 Å². The first kappa shape index (κ1) is 8.52. The van der Waals surface area contributed by atoms with Gasteiger partial charge in [-0.15, -0.1) is 0 Å². The second-order valence-corrected chi connectivity index (χ2v) is 3.94. The van der Waals surface area contributed by atoms with E-state index >= 15 is 0 Å². The average molecular weight is 169 g/mol. The minimum absolute atomic E-state index is 0.895. The molecule has 1 saturated carbocycles. The van der Waals surface area contributed by atoms with E-state index in [0.29, 0.717) is 0 Å². The molecule has 0 radical (unpaired) electrons. The summed E-state index contributed by atoms with van der Waals surface area (Å²) in [6.07, 6.45) is 6.99. The fraction of sp³-hybridized carbons (Fsp3) is 1.00. The van der Waals surface area contributed by atoms with Crippen LogP contribution in [0.15, 0.2) is 0 Å². The third-order valence-electron chi connectivity index (χ3n) is 3.10. The zero-order valence-corrected chi connectivity index (χ0v) is 7.80. The summed E-state index contributed by atoms with van der Waals surface area (Å²) >= 11 is 0. The van der Waals surface area contributed by atoms with Crippen molar-refractivity contribution >= 4 is 0 Å². The molecule has 1 aliphatic carbocycles. The van der Waals surface area contributed by atoms with Gasteiger partial charge in [0.2, 0.25) is 0 Å². The zero-order valence-electron chi connectivity index (χ0n) is 7.80. The maximum absolute atomic E-state index is 5.44. The van der Waals surface area contributed by atoms with Crippen LogP contribution in [0.1, 0.15) is 32.1 Å². The van der Waals surface area contributed by atoms with Crippen molar-refractivity contribution in [3.05, 3.63) is 0 Å². The highest BCUT2D eigenvalue weighted by Gasteiger charge is 2.22. The molecule has 0 atom stereocenters. The van der Waals surface area contributed by atoms with E-state index in [2.05, 4.69) is 4.90 Å². The molecule has 1 aliphatic heterocycles. The molecule has 0 aromatic carbocycles. The maximum Gasteiger partial charge on any atom is 0.0593 e. The van der Waals surface area contributed by atoms with E-state index in [1.165, 1.54) is 45.2 Å². The molecule has 0 amide bonds. The molecule has 0 aromatic heterocycles. The van der Waals surface area contributed by atoms with Crippen molar-refractivity contribution in [3.63, 3.8) is 0 Å². The standard InChI is InChI=1S/C10H19NO/c1-2-5-10(4-1)11-6-3-8-12-9-7-11/h10H,1-9H2. The molecule has 0 unspecified atom stereocenters. The van der Waals surface area contributed by atoms with Crippen molar-refractivity contribution in [1.29, 1.82) is 0 Å². The quantitative estimate of drug-likeness (QED) is 0.592. The van der Waals surface area contributed by atoms with E-state index in [0.717, 1.165) is 19.3 Å². The molecule has 2 aliphatic rings. The Morgan fingerprint density at radius 3 is 2.58 bits per heavy atom. The van der Waals surface area contributed by atoms with E-state index in [1.807, 2.05) is 0 Å². The molecule has 70 valence electrons. The van der Waals surface area contributed by atoms with Crippen LogP contribution in [0.5, 0.6) is 0 Å². The molecular weight excluding hydrogens is 150 g/mol. The van der Waals surface area contributed by atoms with Crippen LogP contribution in [-0.4, -0.2) is 37.2 Å². The maximum atomic E-state index is 5.44. The van der Waals surface area contributed by atoms with Crippen molar-refractivity contribution in [2.45, 2.75) is 38.1 Å². The number of rotatable bonds is 1. The van der Waals surface area contributed by atoms with Gasteiger partial charge in [-0.3, -0.25) is 4.90 Å². The van der Waals surface area contributed by atoms with Crippen LogP contribution in [0.3, 0.4) is 0 Å². The van der Waals surface area contributed by atoms with E-state index in [1.54, 1.807) is 0 Å². The van der Waals surface area contributed by atoms with Crippen LogP contribution in [0.4, 0.5) is 0 Å². The summed E-state index contributed by atoms with van der Waals surface area (Å²) in [7, 11) is 0. The van der Waals surface area contributed by atoms with Gasteiger partial charge in [-0.05, 0) is 19.3 Å². The van der Waals surface area contributed by atoms with Gasteiger partial charge in [-0.2, -0.15) is 0 Å². The molecule has 2 rings (SSSR count). The number of nitrogens with zero attached hydrogens (tertiary/aromatic N) is 1. The van der Waals surface area contributed by atoms with Crippen LogP contribution < -0.4 is 0 Å². The van der Waals surface area contributed by atoms with Gasteiger partial charge < -0.3 is 4.74 Å². The number of hydrogen-bond acceptors (Lipinski definition) is 2. The lowest BCUT2D eigenvalue weighted by atomic mass is 10.2. The lowest BCUT2D eigenvalue weighted by Crippen LogP contribution is -2.35. The molecule has 2 heteroatoms. The van der Waals surface area contributed by atoms with Gasteiger partial charge in [0.15, 0.2) is 0 Å². The van der Waals surface area contributed by atoms with Crippen LogP contribution in [0.25, 0.3) is 0 Å². The van der Waals surface area contributed by atoms with E-state index in [-0.39, 0.29) is 0 Å². The van der Waals surface area contributed by atoms with Crippen LogP contribution in [0.2, 0.25) is 0 Å². The second kappa shape index (κ2) is 4.24. The Morgan fingerprint density at radius 2 is 1.75 bits per heavy atom. The molecule has 0 bridgehead atoms. The summed E-state index contributed by atoms with van der Waals surface area (Å²) in [5.41, 5.74) is 0. The van der Waals surface area contributed by atoms with Gasteiger partial charge in [-0.1, -0.05) is 12.8 Å². The summed E-state index contributed by atoms with van der Waals surface area (Å²) in [6, 6.07) is 0.895. The fourth-order valence-electron chi connectivity index (χ4n) is 2.40. The lowest BCUT2D eigenvalue weighted by Gasteiger charge is -2.26. The van der Waals surface area contributed by atoms with Crippen LogP contribution >= 0.6 is 0 Å². The van der Waals surface area contributed by atoms with Crippen molar-refractivity contribution < 1.29 is 4.74 Å². The van der Waals surface area contributed by atoms with E-state index in [9.17, 15) is 0 Å². The summed E-state index contributed by atoms with van der Waals surface area (Å²) in [6.45, 7) is 4.37. The zero-order chi connectivity index (χ0) is 8.23. The Hall–Kier alpha value is -0.0800. The largest absolute Gasteiger partial charge is 0.380 e. The molecule has 0 aromatic rings. The summed E-state index contributed by atoms with van der Waals surface area (Å²) in [5.74, 6) is 0. The molecule has 2 nitrogen and oxygen atoms in total. The minimum Gasteiger partial charge on any atom is -0.380 e. The first-order valence-electron chi connectivity index (χ1n) is 5.28. The fourth-order valence-corrected chi connectivity index (χ4v) is 2.40. The van der Waals surface area contributed by atoms with Gasteiger partial charge in [0.05, 0.1) is 6.61 Å². The highest BCUT2D eigenvalue weighted by molar-refractivity contribution is 4.78. The highest BCUT2D eigenvalue weighted by Crippen LogP contribution is 2.23. The Labute approximate surface area is 74.9 Å². The van der Waals surface area contributed by atoms with Gasteiger partial charge in [0.25, 0.3) is 0 Å². The first-order valence-corrected chi connectivity index (χ1v) is 5.28. The molecular formula is C10H19NO. The minimum atomic E-state index is 0.895. The molecule has 0 spiro atoms. The molecule has 1 saturated heterocycles. The SMILES string of the molecule is C1CCC(N2CCCOCC2)C1. The van der Waals surface area contributed by atoms with Crippen molar-refractivity contribution in [2.24, 2.45) is 0 Å². The smallest absolute Gasteiger partial charge is 0.0593 e. The normalized spacial score (nSPS) is 29.0. The number of ether oxygens (including phenoxy) is 1. The molecule has 2 fully saturated rings. The Balaban J connectivity index is 1.83. The van der Waals surface area contributed by atoms with Gasteiger partial charge in [-0.25, -0.2) is 0 Å². The van der Waals surface area contributed by atoms with E-state index < -0.39 is 0 Å². The third-order valence-corrected chi connectivity index (χ3v) is 3.10. The lowest BCUT2D eigenvalue weighted by molar-refractivity contribution is 0.132. The molecule has 0 N–H and O–H groups in total. The summed E-state index contributed by atoms with van der Waals surface area (Å²) in [5, 5.41) is 0.